The van der Waals surface area contributed by atoms with Crippen molar-refractivity contribution >= 4 is 11.8 Å². The van der Waals surface area contributed by atoms with Gasteiger partial charge in [0.25, 0.3) is 0 Å². The van der Waals surface area contributed by atoms with Crippen molar-refractivity contribution in [2.75, 3.05) is 13.2 Å². The fraction of sp³-hybridized carbons (Fsp3) is 0.375. The van der Waals surface area contributed by atoms with Crippen molar-refractivity contribution in [3.05, 3.63) is 101 Å². The molecule has 3 aromatic rings. The predicted octanol–water partition coefficient (Wildman–Crippen LogP) is 5.87. The van der Waals surface area contributed by atoms with E-state index in [9.17, 15) is 9.59 Å². The summed E-state index contributed by atoms with van der Waals surface area (Å²) in [6.45, 7) is 9.60. The fourth-order valence-electron chi connectivity index (χ4n) is 4.18. The molecule has 0 aromatic heterocycles. The molecule has 0 radical (unpaired) electrons. The van der Waals surface area contributed by atoms with Crippen LogP contribution in [0.25, 0.3) is 0 Å². The number of amides is 2. The summed E-state index contributed by atoms with van der Waals surface area (Å²) in [5.74, 6) is 0.954. The number of nitrogens with zero attached hydrogens (tertiary/aromatic N) is 1. The van der Waals surface area contributed by atoms with Gasteiger partial charge >= 0.3 is 0 Å². The Hall–Kier alpha value is -3.60. The number of nitrogens with one attached hydrogen (secondary N) is 1. The van der Waals surface area contributed by atoms with Crippen LogP contribution in [0.15, 0.2) is 78.9 Å². The van der Waals surface area contributed by atoms with Gasteiger partial charge in [-0.25, -0.2) is 0 Å². The lowest BCUT2D eigenvalue weighted by Gasteiger charge is -2.32. The van der Waals surface area contributed by atoms with Crippen LogP contribution in [0.5, 0.6) is 5.75 Å². The van der Waals surface area contributed by atoms with Crippen molar-refractivity contribution in [1.29, 1.82) is 0 Å². The van der Waals surface area contributed by atoms with E-state index in [0.717, 1.165) is 22.4 Å². The summed E-state index contributed by atoms with van der Waals surface area (Å²) < 4.78 is 5.84. The molecule has 3 rings (SSSR count). The lowest BCUT2D eigenvalue weighted by atomic mass is 10.0. The highest BCUT2D eigenvalue weighted by Crippen LogP contribution is 2.18. The highest BCUT2D eigenvalue weighted by atomic mass is 16.5. The van der Waals surface area contributed by atoms with Crippen molar-refractivity contribution in [2.24, 2.45) is 5.92 Å². The second-order valence-electron chi connectivity index (χ2n) is 10.1. The Morgan fingerprint density at radius 3 is 2.24 bits per heavy atom. The summed E-state index contributed by atoms with van der Waals surface area (Å²) in [5, 5.41) is 3.07. The van der Waals surface area contributed by atoms with Crippen molar-refractivity contribution in [3.63, 3.8) is 0 Å². The number of carbonyl (C=O) groups is 2. The van der Waals surface area contributed by atoms with Crippen LogP contribution in [0.1, 0.15) is 48.9 Å². The normalized spacial score (nSPS) is 11.7. The number of hydrogen-bond acceptors (Lipinski definition) is 3. The first-order valence-corrected chi connectivity index (χ1v) is 13.2. The van der Waals surface area contributed by atoms with Crippen LogP contribution < -0.4 is 10.1 Å². The maximum Gasteiger partial charge on any atom is 0.243 e. The van der Waals surface area contributed by atoms with Gasteiger partial charge in [-0.2, -0.15) is 0 Å². The van der Waals surface area contributed by atoms with E-state index in [1.165, 1.54) is 5.56 Å². The van der Waals surface area contributed by atoms with E-state index in [4.69, 9.17) is 4.74 Å². The second kappa shape index (κ2) is 14.2. The monoisotopic (exact) mass is 500 g/mol. The summed E-state index contributed by atoms with van der Waals surface area (Å²) in [6, 6.07) is 25.3. The zero-order chi connectivity index (χ0) is 26.6. The third-order valence-electron chi connectivity index (χ3n) is 6.22. The second-order valence-corrected chi connectivity index (χ2v) is 10.1. The first-order valence-electron chi connectivity index (χ1n) is 13.2. The van der Waals surface area contributed by atoms with Gasteiger partial charge in [0.2, 0.25) is 11.8 Å². The van der Waals surface area contributed by atoms with E-state index in [1.54, 1.807) is 4.90 Å². The summed E-state index contributed by atoms with van der Waals surface area (Å²) in [7, 11) is 0. The van der Waals surface area contributed by atoms with Crippen LogP contribution in [-0.2, 0) is 22.6 Å². The van der Waals surface area contributed by atoms with Gasteiger partial charge in [-0.15, -0.1) is 0 Å². The average molecular weight is 501 g/mol. The molecule has 1 atom stereocenters. The van der Waals surface area contributed by atoms with E-state index in [0.29, 0.717) is 44.9 Å². The minimum Gasteiger partial charge on any atom is -0.494 e. The van der Waals surface area contributed by atoms with Crippen molar-refractivity contribution in [1.82, 2.24) is 10.2 Å². The molecule has 196 valence electrons. The number of rotatable bonds is 13. The van der Waals surface area contributed by atoms with Crippen LogP contribution >= 0.6 is 0 Å². The molecule has 0 unspecified atom stereocenters. The number of hydrogen-bond donors (Lipinski definition) is 1. The molecule has 0 aliphatic heterocycles. The standard InChI is InChI=1S/C32H40N2O3/c1-24(2)22-33-32(36)30(21-27-11-6-5-7-12-27)34(23-28-13-8-10-26(4)20-28)31(35)14-9-19-37-29-17-15-25(3)16-18-29/h5-8,10-13,15-18,20,24,30H,9,14,19,21-23H2,1-4H3,(H,33,36)/t30-/m0/s1. The minimum absolute atomic E-state index is 0.0466. The molecule has 0 spiro atoms. The first kappa shape index (κ1) is 28.0. The number of ether oxygens (including phenoxy) is 1. The van der Waals surface area contributed by atoms with Gasteiger partial charge in [0, 0.05) is 25.9 Å². The van der Waals surface area contributed by atoms with Crippen molar-refractivity contribution in [3.8, 4) is 5.75 Å². The Bertz CT molecular complexity index is 1130. The molecule has 0 fully saturated rings. The maximum atomic E-state index is 13.7. The van der Waals surface area contributed by atoms with Gasteiger partial charge in [0.05, 0.1) is 6.61 Å². The van der Waals surface area contributed by atoms with Gasteiger partial charge in [-0.05, 0) is 49.4 Å². The Kier molecular flexibility index (Phi) is 10.8. The third-order valence-corrected chi connectivity index (χ3v) is 6.22. The van der Waals surface area contributed by atoms with E-state index < -0.39 is 6.04 Å². The summed E-state index contributed by atoms with van der Waals surface area (Å²) in [6.07, 6.45) is 1.34. The van der Waals surface area contributed by atoms with Crippen LogP contribution in [0.3, 0.4) is 0 Å². The van der Waals surface area contributed by atoms with Gasteiger partial charge < -0.3 is 15.0 Å². The molecule has 0 aliphatic carbocycles. The molecule has 0 bridgehead atoms. The van der Waals surface area contributed by atoms with Gasteiger partial charge in [-0.3, -0.25) is 9.59 Å². The van der Waals surface area contributed by atoms with E-state index in [-0.39, 0.29) is 11.8 Å². The zero-order valence-corrected chi connectivity index (χ0v) is 22.6. The molecular weight excluding hydrogens is 460 g/mol. The Morgan fingerprint density at radius 1 is 0.865 bits per heavy atom. The minimum atomic E-state index is -0.604. The predicted molar refractivity (Wildman–Crippen MR) is 149 cm³/mol. The molecule has 0 saturated heterocycles. The number of benzene rings is 3. The molecule has 2 amide bonds. The van der Waals surface area contributed by atoms with Gasteiger partial charge in [0.15, 0.2) is 0 Å². The largest absolute Gasteiger partial charge is 0.494 e. The lowest BCUT2D eigenvalue weighted by Crippen LogP contribution is -2.51. The smallest absolute Gasteiger partial charge is 0.243 e. The zero-order valence-electron chi connectivity index (χ0n) is 22.6. The van der Waals surface area contributed by atoms with Crippen LogP contribution in [0.2, 0.25) is 0 Å². The van der Waals surface area contributed by atoms with Crippen molar-refractivity contribution in [2.45, 2.75) is 59.5 Å². The topological polar surface area (TPSA) is 58.6 Å². The van der Waals surface area contributed by atoms with Crippen LogP contribution in [0, 0.1) is 19.8 Å². The quantitative estimate of drug-likeness (QED) is 0.298. The molecule has 37 heavy (non-hydrogen) atoms. The SMILES string of the molecule is Cc1ccc(OCCCC(=O)N(Cc2cccc(C)c2)[C@@H](Cc2ccccc2)C(=O)NCC(C)C)cc1. The Labute approximate surface area is 221 Å². The van der Waals surface area contributed by atoms with E-state index in [2.05, 4.69) is 25.2 Å². The lowest BCUT2D eigenvalue weighted by molar-refractivity contribution is -0.141. The molecule has 3 aromatic carbocycles. The molecule has 0 aliphatic rings. The maximum absolute atomic E-state index is 13.7. The van der Waals surface area contributed by atoms with Crippen LogP contribution in [-0.4, -0.2) is 35.9 Å². The molecule has 0 heterocycles. The van der Waals surface area contributed by atoms with E-state index >= 15 is 0 Å². The molecule has 0 saturated carbocycles. The van der Waals surface area contributed by atoms with Crippen LogP contribution in [0.4, 0.5) is 0 Å². The van der Waals surface area contributed by atoms with Crippen molar-refractivity contribution < 1.29 is 14.3 Å². The summed E-state index contributed by atoms with van der Waals surface area (Å²) in [4.78, 5) is 28.9. The van der Waals surface area contributed by atoms with Gasteiger partial charge in [-0.1, -0.05) is 91.7 Å². The summed E-state index contributed by atoms with van der Waals surface area (Å²) in [5.41, 5.74) is 4.34. The molecule has 5 nitrogen and oxygen atoms in total. The molecular formula is C32H40N2O3. The van der Waals surface area contributed by atoms with E-state index in [1.807, 2.05) is 86.6 Å². The number of carbonyl (C=O) groups excluding carboxylic acids is 2. The highest BCUT2D eigenvalue weighted by molar-refractivity contribution is 5.88. The Balaban J connectivity index is 1.78. The average Bonchev–Trinajstić information content (AvgIpc) is 2.88. The molecule has 1 N–H and O–H groups in total. The molecule has 5 heteroatoms. The Morgan fingerprint density at radius 2 is 1.57 bits per heavy atom. The third kappa shape index (κ3) is 9.41. The summed E-state index contributed by atoms with van der Waals surface area (Å²) >= 11 is 0. The van der Waals surface area contributed by atoms with Gasteiger partial charge in [0.1, 0.15) is 11.8 Å². The highest BCUT2D eigenvalue weighted by Gasteiger charge is 2.30. The number of aryl methyl sites for hydroxylation is 2. The first-order chi connectivity index (χ1) is 17.8. The fourth-order valence-corrected chi connectivity index (χ4v) is 4.18.